The average molecular weight is 380 g/mol. The molecule has 0 unspecified atom stereocenters. The van der Waals surface area contributed by atoms with Gasteiger partial charge in [0, 0.05) is 15.9 Å². The van der Waals surface area contributed by atoms with E-state index in [9.17, 15) is 9.59 Å². The molecule has 1 aromatic carbocycles. The molecule has 1 heterocycles. The highest BCUT2D eigenvalue weighted by Gasteiger charge is 2.37. The van der Waals surface area contributed by atoms with E-state index >= 15 is 0 Å². The van der Waals surface area contributed by atoms with Gasteiger partial charge < -0.3 is 14.8 Å². The minimum atomic E-state index is -0.538. The maximum atomic E-state index is 12.3. The second kappa shape index (κ2) is 7.00. The van der Waals surface area contributed by atoms with Crippen LogP contribution in [0.5, 0.6) is 0 Å². The number of allylic oxidation sites excluding steroid dienone is 2. The van der Waals surface area contributed by atoms with E-state index < -0.39 is 17.9 Å². The summed E-state index contributed by atoms with van der Waals surface area (Å²) in [6, 6.07) is 7.47. The van der Waals surface area contributed by atoms with E-state index in [1.807, 2.05) is 24.3 Å². The molecule has 0 saturated carbocycles. The van der Waals surface area contributed by atoms with E-state index in [1.165, 1.54) is 14.2 Å². The van der Waals surface area contributed by atoms with Gasteiger partial charge in [0.25, 0.3) is 0 Å². The quantitative estimate of drug-likeness (QED) is 0.817. The SMILES string of the molecule is COC(=O)C1=C(C)NC(C)=C(C(=O)OC)C1c1ccc(Br)cc1. The van der Waals surface area contributed by atoms with Gasteiger partial charge in [-0.25, -0.2) is 9.59 Å². The molecule has 1 aromatic rings. The molecule has 0 saturated heterocycles. The Kier molecular flexibility index (Phi) is 5.26. The fourth-order valence-electron chi connectivity index (χ4n) is 2.74. The topological polar surface area (TPSA) is 64.6 Å². The van der Waals surface area contributed by atoms with Crippen LogP contribution in [-0.2, 0) is 19.1 Å². The Bertz CT molecular complexity index is 666. The summed E-state index contributed by atoms with van der Waals surface area (Å²) in [5.41, 5.74) is 2.95. The summed E-state index contributed by atoms with van der Waals surface area (Å²) in [6.45, 7) is 3.57. The molecule has 0 aliphatic carbocycles. The highest BCUT2D eigenvalue weighted by Crippen LogP contribution is 2.39. The lowest BCUT2D eigenvalue weighted by Gasteiger charge is -2.30. The maximum Gasteiger partial charge on any atom is 0.336 e. The van der Waals surface area contributed by atoms with Crippen LogP contribution in [0.1, 0.15) is 25.3 Å². The van der Waals surface area contributed by atoms with Gasteiger partial charge in [-0.2, -0.15) is 0 Å². The molecule has 6 heteroatoms. The molecule has 0 bridgehead atoms. The smallest absolute Gasteiger partial charge is 0.336 e. The molecule has 23 heavy (non-hydrogen) atoms. The molecule has 5 nitrogen and oxygen atoms in total. The van der Waals surface area contributed by atoms with Crippen LogP contribution in [0.25, 0.3) is 0 Å². The Morgan fingerprint density at radius 1 is 0.957 bits per heavy atom. The summed E-state index contributed by atoms with van der Waals surface area (Å²) in [7, 11) is 2.65. The predicted molar refractivity (Wildman–Crippen MR) is 89.5 cm³/mol. The number of dihydropyridines is 1. The first-order chi connectivity index (χ1) is 10.9. The molecule has 2 rings (SSSR count). The van der Waals surface area contributed by atoms with Gasteiger partial charge in [-0.1, -0.05) is 28.1 Å². The lowest BCUT2D eigenvalue weighted by molar-refractivity contribution is -0.137. The maximum absolute atomic E-state index is 12.3. The largest absolute Gasteiger partial charge is 0.466 e. The molecule has 0 aromatic heterocycles. The summed E-state index contributed by atoms with van der Waals surface area (Å²) in [6.07, 6.45) is 0. The Hall–Kier alpha value is -2.08. The second-order valence-electron chi connectivity index (χ2n) is 5.17. The highest BCUT2D eigenvalue weighted by molar-refractivity contribution is 9.10. The van der Waals surface area contributed by atoms with Gasteiger partial charge in [-0.15, -0.1) is 0 Å². The fraction of sp³-hybridized carbons (Fsp3) is 0.294. The van der Waals surface area contributed by atoms with Crippen molar-refractivity contribution in [1.82, 2.24) is 5.32 Å². The van der Waals surface area contributed by atoms with E-state index in [0.29, 0.717) is 22.5 Å². The summed E-state index contributed by atoms with van der Waals surface area (Å²) in [5.74, 6) is -1.49. The number of nitrogens with one attached hydrogen (secondary N) is 1. The third-order valence-corrected chi connectivity index (χ3v) is 4.30. The van der Waals surface area contributed by atoms with Crippen molar-refractivity contribution < 1.29 is 19.1 Å². The van der Waals surface area contributed by atoms with Crippen molar-refractivity contribution in [2.45, 2.75) is 19.8 Å². The van der Waals surface area contributed by atoms with Gasteiger partial charge in [0.05, 0.1) is 31.3 Å². The van der Waals surface area contributed by atoms with Crippen LogP contribution in [0.4, 0.5) is 0 Å². The van der Waals surface area contributed by atoms with Crippen LogP contribution in [0.3, 0.4) is 0 Å². The third kappa shape index (κ3) is 3.32. The molecule has 122 valence electrons. The van der Waals surface area contributed by atoms with E-state index in [4.69, 9.17) is 9.47 Å². The van der Waals surface area contributed by atoms with Crippen LogP contribution >= 0.6 is 15.9 Å². The van der Waals surface area contributed by atoms with Crippen molar-refractivity contribution in [2.24, 2.45) is 0 Å². The van der Waals surface area contributed by atoms with Crippen LogP contribution in [0.2, 0.25) is 0 Å². The summed E-state index contributed by atoms with van der Waals surface area (Å²) < 4.78 is 10.7. The zero-order valence-corrected chi connectivity index (χ0v) is 15.0. The summed E-state index contributed by atoms with van der Waals surface area (Å²) in [5, 5.41) is 3.07. The lowest BCUT2D eigenvalue weighted by atomic mass is 9.80. The Morgan fingerprint density at radius 2 is 1.39 bits per heavy atom. The van der Waals surface area contributed by atoms with E-state index in [1.54, 1.807) is 13.8 Å². The van der Waals surface area contributed by atoms with Crippen molar-refractivity contribution in [1.29, 1.82) is 0 Å². The number of methoxy groups -OCH3 is 2. The lowest BCUT2D eigenvalue weighted by Crippen LogP contribution is -2.32. The Morgan fingerprint density at radius 3 is 1.78 bits per heavy atom. The Balaban J connectivity index is 2.66. The number of halogens is 1. The minimum absolute atomic E-state index is 0.404. The summed E-state index contributed by atoms with van der Waals surface area (Å²) >= 11 is 3.39. The van der Waals surface area contributed by atoms with Gasteiger partial charge in [-0.3, -0.25) is 0 Å². The second-order valence-corrected chi connectivity index (χ2v) is 6.09. The van der Waals surface area contributed by atoms with Gasteiger partial charge in [-0.05, 0) is 31.5 Å². The minimum Gasteiger partial charge on any atom is -0.466 e. The van der Waals surface area contributed by atoms with Gasteiger partial charge in [0.2, 0.25) is 0 Å². The zero-order valence-electron chi connectivity index (χ0n) is 13.4. The molecule has 1 N–H and O–H groups in total. The number of carbonyl (C=O) groups excluding carboxylic acids is 2. The number of hydrogen-bond acceptors (Lipinski definition) is 5. The zero-order chi connectivity index (χ0) is 17.1. The van der Waals surface area contributed by atoms with Crippen LogP contribution in [-0.4, -0.2) is 26.2 Å². The van der Waals surface area contributed by atoms with Crippen molar-refractivity contribution in [3.05, 3.63) is 56.8 Å². The van der Waals surface area contributed by atoms with Crippen molar-refractivity contribution in [2.75, 3.05) is 14.2 Å². The number of rotatable bonds is 3. The summed E-state index contributed by atoms with van der Waals surface area (Å²) in [4.78, 5) is 24.6. The van der Waals surface area contributed by atoms with Crippen LogP contribution in [0.15, 0.2) is 51.3 Å². The van der Waals surface area contributed by atoms with E-state index in [0.717, 1.165) is 10.0 Å². The van der Waals surface area contributed by atoms with Crippen molar-refractivity contribution >= 4 is 27.9 Å². The normalized spacial score (nSPS) is 15.3. The predicted octanol–water partition coefficient (Wildman–Crippen LogP) is 3.03. The standard InChI is InChI=1S/C17H18BrNO4/c1-9-13(16(20)22-3)15(11-5-7-12(18)8-6-11)14(10(2)19-9)17(21)23-4/h5-8,15,19H,1-4H3. The fourth-order valence-corrected chi connectivity index (χ4v) is 3.01. The van der Waals surface area contributed by atoms with Crippen LogP contribution < -0.4 is 5.32 Å². The van der Waals surface area contributed by atoms with Crippen molar-refractivity contribution in [3.63, 3.8) is 0 Å². The molecular formula is C17H18BrNO4. The first-order valence-corrected chi connectivity index (χ1v) is 7.80. The first kappa shape index (κ1) is 17.3. The molecular weight excluding hydrogens is 362 g/mol. The Labute approximate surface area is 143 Å². The monoisotopic (exact) mass is 379 g/mol. The van der Waals surface area contributed by atoms with E-state index in [-0.39, 0.29) is 0 Å². The number of ether oxygens (including phenoxy) is 2. The first-order valence-electron chi connectivity index (χ1n) is 7.01. The highest BCUT2D eigenvalue weighted by atomic mass is 79.9. The van der Waals surface area contributed by atoms with Crippen LogP contribution in [0, 0.1) is 0 Å². The number of esters is 2. The van der Waals surface area contributed by atoms with Gasteiger partial charge >= 0.3 is 11.9 Å². The molecule has 0 amide bonds. The molecule has 1 aliphatic heterocycles. The molecule has 0 fully saturated rings. The number of hydrogen-bond donors (Lipinski definition) is 1. The molecule has 0 atom stereocenters. The molecule has 1 aliphatic rings. The average Bonchev–Trinajstić information content (AvgIpc) is 2.53. The molecule has 0 spiro atoms. The van der Waals surface area contributed by atoms with Crippen molar-refractivity contribution in [3.8, 4) is 0 Å². The van der Waals surface area contributed by atoms with E-state index in [2.05, 4.69) is 21.2 Å². The third-order valence-electron chi connectivity index (χ3n) is 3.77. The molecule has 0 radical (unpaired) electrons. The van der Waals surface area contributed by atoms with Gasteiger partial charge in [0.15, 0.2) is 0 Å². The van der Waals surface area contributed by atoms with Gasteiger partial charge in [0.1, 0.15) is 0 Å². The number of benzene rings is 1. The number of carbonyl (C=O) groups is 2.